The third-order valence-corrected chi connectivity index (χ3v) is 8.67. The van der Waals surface area contributed by atoms with Gasteiger partial charge in [-0.15, -0.1) is 0 Å². The molecule has 2 N–H and O–H groups in total. The topological polar surface area (TPSA) is 65.5 Å². The van der Waals surface area contributed by atoms with Gasteiger partial charge in [-0.3, -0.25) is 0 Å². The Labute approximate surface area is 227 Å². The maximum Gasteiger partial charge on any atom is 0.232 e. The van der Waals surface area contributed by atoms with Gasteiger partial charge in [0.2, 0.25) is 5.95 Å². The summed E-state index contributed by atoms with van der Waals surface area (Å²) in [5.74, 6) is 3.27. The van der Waals surface area contributed by atoms with Crippen LogP contribution in [-0.2, 0) is 10.2 Å². The zero-order valence-corrected chi connectivity index (χ0v) is 23.2. The van der Waals surface area contributed by atoms with Crippen LogP contribution in [0.25, 0.3) is 0 Å². The van der Waals surface area contributed by atoms with Crippen LogP contribution in [0.1, 0.15) is 64.4 Å². The molecule has 0 unspecified atom stereocenters. The molecule has 4 heterocycles. The average molecular weight is 523 g/mol. The summed E-state index contributed by atoms with van der Waals surface area (Å²) in [5, 5.41) is 7.43. The number of thiocarbonyl (C=S) groups is 1. The van der Waals surface area contributed by atoms with Gasteiger partial charge in [0.15, 0.2) is 5.11 Å². The summed E-state index contributed by atoms with van der Waals surface area (Å²) in [5.41, 5.74) is 1.35. The fraction of sp³-hybridized carbons (Fsp3) is 0.621. The number of anilines is 3. The summed E-state index contributed by atoms with van der Waals surface area (Å²) in [6, 6.07) is 13.4. The van der Waals surface area contributed by atoms with Crippen LogP contribution in [0.15, 0.2) is 36.4 Å². The highest BCUT2D eigenvalue weighted by Gasteiger charge is 2.34. The standard InChI is InChI=1S/C29H42N6OS/c1-22-9-8-15-34(20-22)25-19-26(35-16-7-6-10-23(35)2)32-27(31-25)33-28(37)30-21-29(13-17-36-18-14-29)24-11-4-3-5-12-24/h3-5,11-12,19,22-23H,6-10,13-18,20-21H2,1-2H3,(H2,30,31,32,33,37)/t22-,23-/m0/s1. The fourth-order valence-corrected chi connectivity index (χ4v) is 6.30. The predicted octanol–water partition coefficient (Wildman–Crippen LogP) is 5.13. The molecule has 37 heavy (non-hydrogen) atoms. The summed E-state index contributed by atoms with van der Waals surface area (Å²) in [4.78, 5) is 14.8. The Hall–Kier alpha value is -2.45. The van der Waals surface area contributed by atoms with Crippen LogP contribution >= 0.6 is 12.2 Å². The number of benzene rings is 1. The lowest BCUT2D eigenvalue weighted by atomic mass is 9.74. The van der Waals surface area contributed by atoms with Crippen molar-refractivity contribution in [2.75, 3.05) is 54.5 Å². The Kier molecular flexibility index (Phi) is 8.45. The first-order chi connectivity index (χ1) is 18.0. The highest BCUT2D eigenvalue weighted by Crippen LogP contribution is 2.34. The van der Waals surface area contributed by atoms with E-state index in [9.17, 15) is 0 Å². The summed E-state index contributed by atoms with van der Waals surface area (Å²) >= 11 is 5.78. The zero-order chi connectivity index (χ0) is 25.7. The van der Waals surface area contributed by atoms with Gasteiger partial charge in [0, 0.05) is 56.9 Å². The Bertz CT molecular complexity index is 1040. The van der Waals surface area contributed by atoms with E-state index in [4.69, 9.17) is 26.9 Å². The molecule has 7 nitrogen and oxygen atoms in total. The lowest BCUT2D eigenvalue weighted by molar-refractivity contribution is 0.0515. The molecule has 3 fully saturated rings. The third kappa shape index (κ3) is 6.34. The maximum atomic E-state index is 5.78. The van der Waals surface area contributed by atoms with Crippen LogP contribution < -0.4 is 20.4 Å². The van der Waals surface area contributed by atoms with Gasteiger partial charge in [-0.2, -0.15) is 9.97 Å². The van der Waals surface area contributed by atoms with E-state index in [0.717, 1.165) is 63.9 Å². The molecular formula is C29H42N6OS. The van der Waals surface area contributed by atoms with Crippen LogP contribution in [0.3, 0.4) is 0 Å². The van der Waals surface area contributed by atoms with Crippen molar-refractivity contribution in [3.63, 3.8) is 0 Å². The maximum absolute atomic E-state index is 5.78. The van der Waals surface area contributed by atoms with Gasteiger partial charge >= 0.3 is 0 Å². The molecule has 0 aliphatic carbocycles. The van der Waals surface area contributed by atoms with Gasteiger partial charge in [-0.05, 0) is 75.6 Å². The second kappa shape index (κ2) is 11.9. The summed E-state index contributed by atoms with van der Waals surface area (Å²) in [6.07, 6.45) is 8.13. The van der Waals surface area contributed by atoms with E-state index in [2.05, 4.69) is 70.7 Å². The van der Waals surface area contributed by atoms with Gasteiger partial charge in [-0.25, -0.2) is 0 Å². The van der Waals surface area contributed by atoms with Crippen molar-refractivity contribution in [2.45, 2.75) is 70.3 Å². The molecule has 8 heteroatoms. The molecule has 2 atom stereocenters. The zero-order valence-electron chi connectivity index (χ0n) is 22.4. The lowest BCUT2D eigenvalue weighted by Crippen LogP contribution is -2.45. The quantitative estimate of drug-likeness (QED) is 0.507. The number of nitrogens with one attached hydrogen (secondary N) is 2. The van der Waals surface area contributed by atoms with E-state index in [-0.39, 0.29) is 5.41 Å². The molecule has 200 valence electrons. The van der Waals surface area contributed by atoms with Crippen molar-refractivity contribution in [3.8, 4) is 0 Å². The monoisotopic (exact) mass is 522 g/mol. The first-order valence-corrected chi connectivity index (χ1v) is 14.5. The molecular weight excluding hydrogens is 480 g/mol. The minimum absolute atomic E-state index is 0.00624. The number of aromatic nitrogens is 2. The van der Waals surface area contributed by atoms with Crippen molar-refractivity contribution in [1.29, 1.82) is 0 Å². The van der Waals surface area contributed by atoms with E-state index < -0.39 is 0 Å². The highest BCUT2D eigenvalue weighted by atomic mass is 32.1. The highest BCUT2D eigenvalue weighted by molar-refractivity contribution is 7.80. The van der Waals surface area contributed by atoms with Crippen molar-refractivity contribution in [1.82, 2.24) is 15.3 Å². The molecule has 0 radical (unpaired) electrons. The molecule has 3 aliphatic heterocycles. The minimum Gasteiger partial charge on any atom is -0.381 e. The fourth-order valence-electron chi connectivity index (χ4n) is 6.14. The second-order valence-electron chi connectivity index (χ2n) is 11.2. The van der Waals surface area contributed by atoms with Gasteiger partial charge in [0.25, 0.3) is 0 Å². The first-order valence-electron chi connectivity index (χ1n) is 14.1. The molecule has 3 aliphatic rings. The number of hydrogen-bond acceptors (Lipinski definition) is 6. The number of hydrogen-bond donors (Lipinski definition) is 2. The van der Waals surface area contributed by atoms with E-state index in [1.54, 1.807) is 0 Å². The number of nitrogens with zero attached hydrogens (tertiary/aromatic N) is 4. The van der Waals surface area contributed by atoms with E-state index in [1.807, 2.05) is 0 Å². The molecule has 2 aromatic rings. The predicted molar refractivity (Wildman–Crippen MR) is 156 cm³/mol. The van der Waals surface area contributed by atoms with E-state index >= 15 is 0 Å². The van der Waals surface area contributed by atoms with Crippen molar-refractivity contribution in [3.05, 3.63) is 42.0 Å². The minimum atomic E-state index is 0.00624. The van der Waals surface area contributed by atoms with Gasteiger partial charge in [0.05, 0.1) is 0 Å². The number of ether oxygens (including phenoxy) is 1. The van der Waals surface area contributed by atoms with Crippen LogP contribution in [0.5, 0.6) is 0 Å². The molecule has 0 saturated carbocycles. The summed E-state index contributed by atoms with van der Waals surface area (Å²) in [6.45, 7) is 10.1. The summed E-state index contributed by atoms with van der Waals surface area (Å²) < 4.78 is 5.70. The molecule has 0 bridgehead atoms. The summed E-state index contributed by atoms with van der Waals surface area (Å²) in [7, 11) is 0. The first kappa shape index (κ1) is 26.2. The molecule has 0 amide bonds. The number of rotatable bonds is 6. The Balaban J connectivity index is 1.34. The third-order valence-electron chi connectivity index (χ3n) is 8.43. The second-order valence-corrected chi connectivity index (χ2v) is 11.6. The number of piperidine rings is 2. The molecule has 1 aromatic carbocycles. The van der Waals surface area contributed by atoms with Crippen LogP contribution in [0, 0.1) is 5.92 Å². The van der Waals surface area contributed by atoms with Crippen molar-refractivity contribution in [2.24, 2.45) is 5.92 Å². The van der Waals surface area contributed by atoms with Gasteiger partial charge in [-0.1, -0.05) is 37.3 Å². The Morgan fingerprint density at radius 2 is 1.81 bits per heavy atom. The normalized spacial score (nSPS) is 23.9. The van der Waals surface area contributed by atoms with Crippen LogP contribution in [-0.4, -0.2) is 60.5 Å². The molecule has 1 aromatic heterocycles. The average Bonchev–Trinajstić information content (AvgIpc) is 2.93. The van der Waals surface area contributed by atoms with E-state index in [1.165, 1.54) is 37.7 Å². The SMILES string of the molecule is C[C@H]1CCCN(c2cc(N3CCCC[C@@H]3C)nc(NC(=S)NCC3(c4ccccc4)CCOCC3)n2)C1. The van der Waals surface area contributed by atoms with E-state index in [0.29, 0.717) is 23.0 Å². The van der Waals surface area contributed by atoms with Crippen molar-refractivity contribution >= 4 is 34.9 Å². The molecule has 5 rings (SSSR count). The smallest absolute Gasteiger partial charge is 0.232 e. The molecule has 0 spiro atoms. The van der Waals surface area contributed by atoms with Crippen molar-refractivity contribution < 1.29 is 4.74 Å². The van der Waals surface area contributed by atoms with Crippen LogP contribution in [0.2, 0.25) is 0 Å². The molecule has 3 saturated heterocycles. The Morgan fingerprint density at radius 3 is 2.57 bits per heavy atom. The lowest BCUT2D eigenvalue weighted by Gasteiger charge is -2.38. The largest absolute Gasteiger partial charge is 0.381 e. The van der Waals surface area contributed by atoms with Gasteiger partial charge < -0.3 is 25.2 Å². The van der Waals surface area contributed by atoms with Crippen LogP contribution in [0.4, 0.5) is 17.6 Å². The Morgan fingerprint density at radius 1 is 1.03 bits per heavy atom. The van der Waals surface area contributed by atoms with Gasteiger partial charge in [0.1, 0.15) is 11.6 Å².